The van der Waals surface area contributed by atoms with E-state index in [-0.39, 0.29) is 30.3 Å². The average Bonchev–Trinajstić information content (AvgIpc) is 3.04. The maximum absolute atomic E-state index is 12.9. The zero-order chi connectivity index (χ0) is 22.7. The van der Waals surface area contributed by atoms with Gasteiger partial charge in [-0.25, -0.2) is 4.39 Å². The van der Waals surface area contributed by atoms with Crippen molar-refractivity contribution in [3.63, 3.8) is 0 Å². The van der Waals surface area contributed by atoms with Gasteiger partial charge in [0.05, 0.1) is 24.1 Å². The van der Waals surface area contributed by atoms with Crippen LogP contribution < -0.4 is 10.9 Å². The molecule has 1 aliphatic heterocycles. The van der Waals surface area contributed by atoms with Crippen molar-refractivity contribution in [2.24, 2.45) is 0 Å². The van der Waals surface area contributed by atoms with E-state index in [1.165, 1.54) is 36.4 Å². The quantitative estimate of drug-likeness (QED) is 0.480. The first kappa shape index (κ1) is 20.9. The summed E-state index contributed by atoms with van der Waals surface area (Å²) >= 11 is 0. The van der Waals surface area contributed by atoms with E-state index < -0.39 is 17.6 Å². The van der Waals surface area contributed by atoms with Crippen LogP contribution in [0.25, 0.3) is 0 Å². The number of imide groups is 1. The van der Waals surface area contributed by atoms with Gasteiger partial charge in [-0.2, -0.15) is 0 Å². The van der Waals surface area contributed by atoms with Gasteiger partial charge in [0.15, 0.2) is 0 Å². The Bertz CT molecular complexity index is 1170. The Morgan fingerprint density at radius 1 is 0.750 bits per heavy atom. The molecule has 0 saturated carbocycles. The van der Waals surface area contributed by atoms with Gasteiger partial charge in [-0.1, -0.05) is 36.4 Å². The third-order valence-electron chi connectivity index (χ3n) is 5.03. The summed E-state index contributed by atoms with van der Waals surface area (Å²) in [5, 5.41) is 0. The van der Waals surface area contributed by atoms with Crippen molar-refractivity contribution in [1.29, 1.82) is 0 Å². The Kier molecular flexibility index (Phi) is 5.76. The van der Waals surface area contributed by atoms with Crippen molar-refractivity contribution >= 4 is 23.6 Å². The standard InChI is InChI=1S/C24H18FN3O4/c25-18-11-7-15(8-12-18)13-21(29)26-27-22(30)17-9-5-16(6-10-17)14-28-23(31)19-3-1-2-4-20(19)24(28)32/h1-12H,13-14H2,(H,26,29)(H,27,30). The maximum atomic E-state index is 12.9. The van der Waals surface area contributed by atoms with Gasteiger partial charge in [0.25, 0.3) is 17.7 Å². The number of hydrogen-bond acceptors (Lipinski definition) is 4. The average molecular weight is 431 g/mol. The van der Waals surface area contributed by atoms with Crippen LogP contribution in [0.2, 0.25) is 0 Å². The molecule has 160 valence electrons. The third-order valence-corrected chi connectivity index (χ3v) is 5.03. The fraction of sp³-hybridized carbons (Fsp3) is 0.0833. The number of carbonyl (C=O) groups excluding carboxylic acids is 4. The monoisotopic (exact) mass is 431 g/mol. The van der Waals surface area contributed by atoms with Crippen molar-refractivity contribution in [1.82, 2.24) is 15.8 Å². The minimum absolute atomic E-state index is 0.0141. The molecule has 0 aliphatic carbocycles. The molecule has 0 unspecified atom stereocenters. The number of amides is 4. The highest BCUT2D eigenvalue weighted by atomic mass is 19.1. The highest BCUT2D eigenvalue weighted by Gasteiger charge is 2.34. The van der Waals surface area contributed by atoms with E-state index in [0.717, 1.165) is 4.90 Å². The molecule has 0 radical (unpaired) electrons. The predicted octanol–water partition coefficient (Wildman–Crippen LogP) is 2.63. The Morgan fingerprint density at radius 2 is 1.31 bits per heavy atom. The molecule has 1 aliphatic rings. The lowest BCUT2D eigenvalue weighted by Crippen LogP contribution is -2.42. The SMILES string of the molecule is O=C(Cc1ccc(F)cc1)NNC(=O)c1ccc(CN2C(=O)c3ccccc3C2=O)cc1. The topological polar surface area (TPSA) is 95.6 Å². The molecule has 4 amide bonds. The minimum atomic E-state index is -0.523. The molecule has 32 heavy (non-hydrogen) atoms. The van der Waals surface area contributed by atoms with E-state index in [1.807, 2.05) is 0 Å². The van der Waals surface area contributed by atoms with Crippen LogP contribution in [0, 0.1) is 5.82 Å². The van der Waals surface area contributed by atoms with Crippen LogP contribution in [0.4, 0.5) is 4.39 Å². The maximum Gasteiger partial charge on any atom is 0.269 e. The molecule has 3 aromatic rings. The normalized spacial score (nSPS) is 12.5. The van der Waals surface area contributed by atoms with E-state index in [4.69, 9.17) is 0 Å². The van der Waals surface area contributed by atoms with Crippen LogP contribution >= 0.6 is 0 Å². The van der Waals surface area contributed by atoms with Crippen LogP contribution in [-0.4, -0.2) is 28.5 Å². The van der Waals surface area contributed by atoms with Crippen molar-refractivity contribution in [3.05, 3.63) is 106 Å². The highest BCUT2D eigenvalue weighted by Crippen LogP contribution is 2.24. The van der Waals surface area contributed by atoms with E-state index in [1.54, 1.807) is 36.4 Å². The van der Waals surface area contributed by atoms with Crippen LogP contribution in [0.5, 0.6) is 0 Å². The zero-order valence-electron chi connectivity index (χ0n) is 16.8. The molecule has 0 spiro atoms. The second-order valence-electron chi connectivity index (χ2n) is 7.24. The zero-order valence-corrected chi connectivity index (χ0v) is 16.8. The van der Waals surface area contributed by atoms with Gasteiger partial charge in [-0.3, -0.25) is 34.9 Å². The lowest BCUT2D eigenvalue weighted by molar-refractivity contribution is -0.121. The second-order valence-corrected chi connectivity index (χ2v) is 7.24. The first-order valence-corrected chi connectivity index (χ1v) is 9.80. The Labute approximate surface area is 182 Å². The molecule has 2 N–H and O–H groups in total. The van der Waals surface area contributed by atoms with Crippen LogP contribution in [-0.2, 0) is 17.8 Å². The fourth-order valence-electron chi connectivity index (χ4n) is 3.36. The number of hydrazine groups is 1. The number of carbonyl (C=O) groups is 4. The lowest BCUT2D eigenvalue weighted by atomic mass is 10.1. The summed E-state index contributed by atoms with van der Waals surface area (Å²) in [6.07, 6.45) is -0.0141. The van der Waals surface area contributed by atoms with E-state index in [9.17, 15) is 23.6 Å². The summed E-state index contributed by atoms with van der Waals surface area (Å²) < 4.78 is 12.9. The Hall–Kier alpha value is -4.33. The molecule has 8 heteroatoms. The van der Waals surface area contributed by atoms with Crippen LogP contribution in [0.1, 0.15) is 42.2 Å². The summed E-state index contributed by atoms with van der Waals surface area (Å²) in [4.78, 5) is 50.3. The van der Waals surface area contributed by atoms with Gasteiger partial charge in [0, 0.05) is 5.56 Å². The molecule has 0 fully saturated rings. The molecule has 0 bridgehead atoms. The Morgan fingerprint density at radius 3 is 1.91 bits per heavy atom. The summed E-state index contributed by atoms with van der Waals surface area (Å²) in [6, 6.07) is 18.5. The highest BCUT2D eigenvalue weighted by molar-refractivity contribution is 6.21. The molecular formula is C24H18FN3O4. The van der Waals surface area contributed by atoms with E-state index >= 15 is 0 Å². The van der Waals surface area contributed by atoms with Crippen molar-refractivity contribution in [3.8, 4) is 0 Å². The molecule has 7 nitrogen and oxygen atoms in total. The molecule has 0 aromatic heterocycles. The first-order chi connectivity index (χ1) is 15.4. The van der Waals surface area contributed by atoms with Gasteiger partial charge < -0.3 is 0 Å². The van der Waals surface area contributed by atoms with Gasteiger partial charge >= 0.3 is 0 Å². The minimum Gasteiger partial charge on any atom is -0.273 e. The van der Waals surface area contributed by atoms with Crippen LogP contribution in [0.3, 0.4) is 0 Å². The van der Waals surface area contributed by atoms with Gasteiger partial charge in [-0.15, -0.1) is 0 Å². The molecule has 0 saturated heterocycles. The smallest absolute Gasteiger partial charge is 0.269 e. The molecule has 1 heterocycles. The lowest BCUT2D eigenvalue weighted by Gasteiger charge is -2.14. The summed E-state index contributed by atoms with van der Waals surface area (Å²) in [5.74, 6) is -2.07. The molecule has 0 atom stereocenters. The summed E-state index contributed by atoms with van der Waals surface area (Å²) in [6.45, 7) is 0.0860. The van der Waals surface area contributed by atoms with Crippen molar-refractivity contribution < 1.29 is 23.6 Å². The number of hydrogen-bond donors (Lipinski definition) is 2. The van der Waals surface area contributed by atoms with E-state index in [0.29, 0.717) is 22.3 Å². The number of nitrogens with zero attached hydrogens (tertiary/aromatic N) is 1. The van der Waals surface area contributed by atoms with Crippen molar-refractivity contribution in [2.45, 2.75) is 13.0 Å². The number of halogens is 1. The number of nitrogens with one attached hydrogen (secondary N) is 2. The number of fused-ring (bicyclic) bond motifs is 1. The first-order valence-electron chi connectivity index (χ1n) is 9.80. The number of benzene rings is 3. The van der Waals surface area contributed by atoms with Crippen molar-refractivity contribution in [2.75, 3.05) is 0 Å². The van der Waals surface area contributed by atoms with Gasteiger partial charge in [-0.05, 0) is 47.5 Å². The third kappa shape index (κ3) is 4.39. The molecule has 4 rings (SSSR count). The van der Waals surface area contributed by atoms with Crippen LogP contribution in [0.15, 0.2) is 72.8 Å². The molecular weight excluding hydrogens is 413 g/mol. The van der Waals surface area contributed by atoms with E-state index in [2.05, 4.69) is 10.9 Å². The van der Waals surface area contributed by atoms with Gasteiger partial charge in [0.1, 0.15) is 5.82 Å². The Balaban J connectivity index is 1.32. The largest absolute Gasteiger partial charge is 0.273 e. The molecule has 3 aromatic carbocycles. The predicted molar refractivity (Wildman–Crippen MR) is 113 cm³/mol. The summed E-state index contributed by atoms with van der Waals surface area (Å²) in [5.41, 5.74) is 6.96. The van der Waals surface area contributed by atoms with Gasteiger partial charge in [0.2, 0.25) is 5.91 Å². The number of rotatable bonds is 5. The fourth-order valence-corrected chi connectivity index (χ4v) is 3.36. The second kappa shape index (κ2) is 8.81. The summed E-state index contributed by atoms with van der Waals surface area (Å²) in [7, 11) is 0.